The van der Waals surface area contributed by atoms with Crippen molar-refractivity contribution < 1.29 is 14.4 Å². The van der Waals surface area contributed by atoms with Crippen LogP contribution in [-0.4, -0.2) is 27.7 Å². The van der Waals surface area contributed by atoms with E-state index in [9.17, 15) is 9.90 Å². The molecule has 130 valence electrons. The minimum Gasteiger partial charge on any atom is -0.385 e. The fourth-order valence-corrected chi connectivity index (χ4v) is 2.35. The lowest BCUT2D eigenvalue weighted by atomic mass is 9.92. The maximum Gasteiger partial charge on any atom is 0.226 e. The number of aromatic nitrogens is 2. The molecule has 2 N–H and O–H groups in total. The molecule has 1 atom stereocenters. The lowest BCUT2D eigenvalue weighted by Crippen LogP contribution is -2.33. The third-order valence-electron chi connectivity index (χ3n) is 3.79. The zero-order chi connectivity index (χ0) is 17.6. The Balaban J connectivity index is 1.73. The van der Waals surface area contributed by atoms with Gasteiger partial charge in [0.15, 0.2) is 5.82 Å². The predicted molar refractivity (Wildman–Crippen MR) is 90.3 cm³/mol. The highest BCUT2D eigenvalue weighted by Crippen LogP contribution is 2.23. The van der Waals surface area contributed by atoms with Crippen LogP contribution in [0.1, 0.15) is 56.8 Å². The highest BCUT2D eigenvalue weighted by atomic mass is 16.5. The Morgan fingerprint density at radius 1 is 1.33 bits per heavy atom. The minimum atomic E-state index is -1.18. The number of aliphatic hydroxyl groups is 1. The second-order valence-electron chi connectivity index (χ2n) is 6.47. The molecule has 2 aromatic rings. The Kier molecular flexibility index (Phi) is 6.09. The van der Waals surface area contributed by atoms with Crippen LogP contribution in [0.4, 0.5) is 0 Å². The second kappa shape index (κ2) is 8.06. The highest BCUT2D eigenvalue weighted by Gasteiger charge is 2.26. The Hall–Kier alpha value is -2.21. The summed E-state index contributed by atoms with van der Waals surface area (Å²) < 4.78 is 5.16. The molecule has 1 aromatic carbocycles. The first-order valence-electron chi connectivity index (χ1n) is 8.25. The molecule has 0 aliphatic carbocycles. The van der Waals surface area contributed by atoms with E-state index in [0.29, 0.717) is 31.1 Å². The summed E-state index contributed by atoms with van der Waals surface area (Å²) in [4.78, 5) is 16.3. The third-order valence-corrected chi connectivity index (χ3v) is 3.79. The smallest absolute Gasteiger partial charge is 0.226 e. The Morgan fingerprint density at radius 3 is 2.67 bits per heavy atom. The van der Waals surface area contributed by atoms with E-state index in [0.717, 1.165) is 5.56 Å². The molecule has 0 aliphatic rings. The standard InChI is InChI=1S/C18H25N3O3/c1-13(2)17-20-16(24-21-17)10-7-11-19-15(22)12-18(3,23)14-8-5-4-6-9-14/h4-6,8-9,13,23H,7,10-12H2,1-3H3,(H,19,22). The molecule has 1 unspecified atom stereocenters. The summed E-state index contributed by atoms with van der Waals surface area (Å²) in [5, 5.41) is 17.2. The Bertz CT molecular complexity index is 651. The molecule has 1 aromatic heterocycles. The first-order valence-corrected chi connectivity index (χ1v) is 8.25. The largest absolute Gasteiger partial charge is 0.385 e. The summed E-state index contributed by atoms with van der Waals surface area (Å²) in [5.41, 5.74) is -0.448. The van der Waals surface area contributed by atoms with Crippen LogP contribution in [-0.2, 0) is 16.8 Å². The molecule has 6 heteroatoms. The van der Waals surface area contributed by atoms with Gasteiger partial charge in [-0.3, -0.25) is 4.79 Å². The van der Waals surface area contributed by atoms with Gasteiger partial charge >= 0.3 is 0 Å². The molecular weight excluding hydrogens is 306 g/mol. The molecule has 1 amide bonds. The van der Waals surface area contributed by atoms with E-state index in [-0.39, 0.29) is 18.2 Å². The third kappa shape index (κ3) is 5.16. The van der Waals surface area contributed by atoms with Gasteiger partial charge in [0.05, 0.1) is 12.0 Å². The van der Waals surface area contributed by atoms with Crippen LogP contribution >= 0.6 is 0 Å². The summed E-state index contributed by atoms with van der Waals surface area (Å²) in [6.45, 7) is 6.16. The number of nitrogens with zero attached hydrogens (tertiary/aromatic N) is 2. The van der Waals surface area contributed by atoms with Crippen molar-refractivity contribution in [1.29, 1.82) is 0 Å². The van der Waals surface area contributed by atoms with E-state index in [1.165, 1.54) is 0 Å². The SMILES string of the molecule is CC(C)c1noc(CCCNC(=O)CC(C)(O)c2ccccc2)n1. The van der Waals surface area contributed by atoms with Gasteiger partial charge in [-0.25, -0.2) is 0 Å². The molecule has 0 saturated heterocycles. The molecule has 0 aliphatic heterocycles. The van der Waals surface area contributed by atoms with Crippen LogP contribution < -0.4 is 5.32 Å². The number of hydrogen-bond donors (Lipinski definition) is 2. The molecule has 1 heterocycles. The van der Waals surface area contributed by atoms with E-state index in [2.05, 4.69) is 15.5 Å². The molecule has 24 heavy (non-hydrogen) atoms. The molecule has 0 bridgehead atoms. The van der Waals surface area contributed by atoms with Crippen LogP contribution in [0, 0.1) is 0 Å². The zero-order valence-electron chi connectivity index (χ0n) is 14.5. The molecule has 0 radical (unpaired) electrons. The van der Waals surface area contributed by atoms with Crippen molar-refractivity contribution in [2.75, 3.05) is 6.54 Å². The number of aryl methyl sites for hydroxylation is 1. The summed E-state index contributed by atoms with van der Waals surface area (Å²) >= 11 is 0. The second-order valence-corrected chi connectivity index (χ2v) is 6.47. The molecule has 6 nitrogen and oxygen atoms in total. The summed E-state index contributed by atoms with van der Waals surface area (Å²) in [7, 11) is 0. The van der Waals surface area contributed by atoms with Crippen LogP contribution in [0.3, 0.4) is 0 Å². The number of hydrogen-bond acceptors (Lipinski definition) is 5. The number of carbonyl (C=O) groups excluding carboxylic acids is 1. The van der Waals surface area contributed by atoms with E-state index in [4.69, 9.17) is 4.52 Å². The molecule has 0 saturated carbocycles. The van der Waals surface area contributed by atoms with Crippen molar-refractivity contribution in [3.05, 3.63) is 47.6 Å². The first-order chi connectivity index (χ1) is 11.4. The minimum absolute atomic E-state index is 0.0229. The highest BCUT2D eigenvalue weighted by molar-refractivity contribution is 5.77. The van der Waals surface area contributed by atoms with Gasteiger partial charge in [-0.15, -0.1) is 0 Å². The van der Waals surface area contributed by atoms with Gasteiger partial charge in [-0.1, -0.05) is 49.3 Å². The van der Waals surface area contributed by atoms with E-state index in [1.807, 2.05) is 44.2 Å². The van der Waals surface area contributed by atoms with Gasteiger partial charge in [-0.2, -0.15) is 4.98 Å². The van der Waals surface area contributed by atoms with Crippen LogP contribution in [0.15, 0.2) is 34.9 Å². The topological polar surface area (TPSA) is 88.2 Å². The van der Waals surface area contributed by atoms with Gasteiger partial charge in [0.25, 0.3) is 0 Å². The lowest BCUT2D eigenvalue weighted by molar-refractivity contribution is -0.125. The van der Waals surface area contributed by atoms with Crippen molar-refractivity contribution >= 4 is 5.91 Å². The molecule has 0 fully saturated rings. The van der Waals surface area contributed by atoms with Crippen molar-refractivity contribution in [2.45, 2.75) is 51.6 Å². The van der Waals surface area contributed by atoms with E-state index < -0.39 is 5.60 Å². The fraction of sp³-hybridized carbons (Fsp3) is 0.500. The van der Waals surface area contributed by atoms with E-state index >= 15 is 0 Å². The number of amides is 1. The van der Waals surface area contributed by atoms with Crippen molar-refractivity contribution in [1.82, 2.24) is 15.5 Å². The summed E-state index contributed by atoms with van der Waals surface area (Å²) in [6.07, 6.45) is 1.35. The normalized spacial score (nSPS) is 13.7. The maximum absolute atomic E-state index is 12.0. The van der Waals surface area contributed by atoms with Crippen molar-refractivity contribution in [2.24, 2.45) is 0 Å². The quantitative estimate of drug-likeness (QED) is 0.726. The Labute approximate surface area is 142 Å². The van der Waals surface area contributed by atoms with Gasteiger partial charge in [-0.05, 0) is 18.9 Å². The summed E-state index contributed by atoms with van der Waals surface area (Å²) in [5.74, 6) is 1.34. The Morgan fingerprint density at radius 2 is 2.04 bits per heavy atom. The van der Waals surface area contributed by atoms with Crippen molar-refractivity contribution in [3.63, 3.8) is 0 Å². The van der Waals surface area contributed by atoms with Crippen LogP contribution in [0.5, 0.6) is 0 Å². The number of rotatable bonds is 8. The molecular formula is C18H25N3O3. The predicted octanol–water partition coefficient (Wildman–Crippen LogP) is 2.54. The van der Waals surface area contributed by atoms with E-state index in [1.54, 1.807) is 6.92 Å². The number of benzene rings is 1. The average molecular weight is 331 g/mol. The fourth-order valence-electron chi connectivity index (χ4n) is 2.35. The molecule has 2 rings (SSSR count). The van der Waals surface area contributed by atoms with Gasteiger partial charge in [0.2, 0.25) is 11.8 Å². The maximum atomic E-state index is 12.0. The lowest BCUT2D eigenvalue weighted by Gasteiger charge is -2.23. The number of nitrogens with one attached hydrogen (secondary N) is 1. The van der Waals surface area contributed by atoms with Gasteiger partial charge in [0.1, 0.15) is 0 Å². The first kappa shape index (κ1) is 18.1. The zero-order valence-corrected chi connectivity index (χ0v) is 14.5. The summed E-state index contributed by atoms with van der Waals surface area (Å²) in [6, 6.07) is 9.20. The van der Waals surface area contributed by atoms with Crippen LogP contribution in [0.2, 0.25) is 0 Å². The number of carbonyl (C=O) groups is 1. The van der Waals surface area contributed by atoms with Gasteiger partial charge < -0.3 is 14.9 Å². The van der Waals surface area contributed by atoms with Crippen LogP contribution in [0.25, 0.3) is 0 Å². The molecule has 0 spiro atoms. The van der Waals surface area contributed by atoms with Crippen molar-refractivity contribution in [3.8, 4) is 0 Å². The average Bonchev–Trinajstić information content (AvgIpc) is 3.01. The van der Waals surface area contributed by atoms with Gasteiger partial charge in [0, 0.05) is 18.9 Å². The monoisotopic (exact) mass is 331 g/mol.